The number of ether oxygens (including phenoxy) is 2. The molecule has 0 bridgehead atoms. The number of allylic oxidation sites excluding steroid dienone is 2. The topological polar surface area (TPSA) is 69.7 Å². The van der Waals surface area contributed by atoms with E-state index >= 15 is 0 Å². The van der Waals surface area contributed by atoms with Gasteiger partial charge in [0.25, 0.3) is 0 Å². The SMILES string of the molecule is O=C(Oc1ccc2c(c1)C(=O)C=CC2=O)c1ccc(OC(F)=C(F)F)cc1. The summed E-state index contributed by atoms with van der Waals surface area (Å²) in [5.41, 5.74) is 0.360. The molecule has 0 aliphatic heterocycles. The van der Waals surface area contributed by atoms with E-state index in [0.717, 1.165) is 24.3 Å². The average molecular weight is 374 g/mol. The first-order chi connectivity index (χ1) is 12.8. The number of rotatable bonds is 4. The zero-order valence-corrected chi connectivity index (χ0v) is 13.4. The highest BCUT2D eigenvalue weighted by atomic mass is 19.3. The Bertz CT molecular complexity index is 1000. The number of hydrogen-bond acceptors (Lipinski definition) is 5. The van der Waals surface area contributed by atoms with Crippen LogP contribution in [-0.2, 0) is 0 Å². The van der Waals surface area contributed by atoms with E-state index < -0.39 is 18.1 Å². The lowest BCUT2D eigenvalue weighted by Crippen LogP contribution is -2.13. The van der Waals surface area contributed by atoms with Crippen molar-refractivity contribution in [2.75, 3.05) is 0 Å². The van der Waals surface area contributed by atoms with Gasteiger partial charge in [0, 0.05) is 11.1 Å². The molecule has 0 atom stereocenters. The maximum absolute atomic E-state index is 12.7. The molecule has 0 saturated heterocycles. The molecule has 1 aliphatic rings. The maximum Gasteiger partial charge on any atom is 0.344 e. The van der Waals surface area contributed by atoms with Crippen LogP contribution in [0, 0.1) is 0 Å². The van der Waals surface area contributed by atoms with Crippen molar-refractivity contribution in [1.82, 2.24) is 0 Å². The number of hydrogen-bond donors (Lipinski definition) is 0. The molecule has 0 radical (unpaired) electrons. The minimum absolute atomic E-state index is 0.0347. The lowest BCUT2D eigenvalue weighted by molar-refractivity contribution is 0.0733. The van der Waals surface area contributed by atoms with Crippen LogP contribution < -0.4 is 9.47 Å². The monoisotopic (exact) mass is 374 g/mol. The van der Waals surface area contributed by atoms with Gasteiger partial charge in [-0.2, -0.15) is 13.2 Å². The van der Waals surface area contributed by atoms with E-state index in [4.69, 9.17) is 4.74 Å². The summed E-state index contributed by atoms with van der Waals surface area (Å²) >= 11 is 0. The van der Waals surface area contributed by atoms with Crippen LogP contribution in [0.3, 0.4) is 0 Å². The zero-order chi connectivity index (χ0) is 19.6. The van der Waals surface area contributed by atoms with Gasteiger partial charge < -0.3 is 9.47 Å². The van der Waals surface area contributed by atoms with Crippen LogP contribution in [0.1, 0.15) is 31.1 Å². The number of fused-ring (bicyclic) bond motifs is 1. The molecule has 1 aliphatic carbocycles. The van der Waals surface area contributed by atoms with Crippen molar-refractivity contribution < 1.29 is 37.0 Å². The quantitative estimate of drug-likeness (QED) is 0.455. The van der Waals surface area contributed by atoms with Crippen LogP contribution >= 0.6 is 0 Å². The molecule has 0 unspecified atom stereocenters. The van der Waals surface area contributed by atoms with Gasteiger partial charge in [0.1, 0.15) is 11.5 Å². The Labute approximate surface area is 150 Å². The fourth-order valence-electron chi connectivity index (χ4n) is 2.30. The smallest absolute Gasteiger partial charge is 0.344 e. The van der Waals surface area contributed by atoms with E-state index in [1.165, 1.54) is 30.3 Å². The molecule has 27 heavy (non-hydrogen) atoms. The lowest BCUT2D eigenvalue weighted by Gasteiger charge is -2.11. The Kier molecular flexibility index (Phi) is 4.89. The molecule has 5 nitrogen and oxygen atoms in total. The van der Waals surface area contributed by atoms with Crippen molar-refractivity contribution in [3.8, 4) is 11.5 Å². The zero-order valence-electron chi connectivity index (χ0n) is 13.4. The van der Waals surface area contributed by atoms with Crippen LogP contribution in [0.15, 0.2) is 66.7 Å². The summed E-state index contributed by atoms with van der Waals surface area (Å²) in [5.74, 6) is -1.71. The van der Waals surface area contributed by atoms with Crippen molar-refractivity contribution in [2.45, 2.75) is 0 Å². The van der Waals surface area contributed by atoms with Gasteiger partial charge in [0.15, 0.2) is 11.6 Å². The molecule has 3 rings (SSSR count). The third kappa shape index (κ3) is 3.95. The van der Waals surface area contributed by atoms with Gasteiger partial charge in [0.05, 0.1) is 5.56 Å². The third-order valence-electron chi connectivity index (χ3n) is 3.56. The third-order valence-corrected chi connectivity index (χ3v) is 3.56. The highest BCUT2D eigenvalue weighted by Crippen LogP contribution is 2.24. The first-order valence-corrected chi connectivity index (χ1v) is 7.47. The predicted molar refractivity (Wildman–Crippen MR) is 86.6 cm³/mol. The molecular formula is C19H9F3O5. The van der Waals surface area contributed by atoms with Crippen LogP contribution in [0.2, 0.25) is 0 Å². The second-order valence-electron chi connectivity index (χ2n) is 5.32. The fraction of sp³-hybridized carbons (Fsp3) is 0. The minimum Gasteiger partial charge on any atom is -0.428 e. The molecular weight excluding hydrogens is 365 g/mol. The first-order valence-electron chi connectivity index (χ1n) is 7.47. The molecule has 0 aromatic heterocycles. The van der Waals surface area contributed by atoms with E-state index in [2.05, 4.69) is 4.74 Å². The van der Waals surface area contributed by atoms with Crippen LogP contribution in [0.25, 0.3) is 0 Å². The molecule has 8 heteroatoms. The molecule has 2 aromatic carbocycles. The highest BCUT2D eigenvalue weighted by Gasteiger charge is 2.20. The molecule has 2 aromatic rings. The van der Waals surface area contributed by atoms with Crippen LogP contribution in [0.5, 0.6) is 11.5 Å². The maximum atomic E-state index is 12.7. The summed E-state index contributed by atoms with van der Waals surface area (Å²) < 4.78 is 46.1. The van der Waals surface area contributed by atoms with E-state index in [9.17, 15) is 27.6 Å². The molecule has 0 spiro atoms. The number of carbonyl (C=O) groups excluding carboxylic acids is 3. The van der Waals surface area contributed by atoms with E-state index in [1.54, 1.807) is 0 Å². The van der Waals surface area contributed by atoms with Gasteiger partial charge in [-0.3, -0.25) is 9.59 Å². The molecule has 0 fully saturated rings. The first kappa shape index (κ1) is 18.1. The second-order valence-corrected chi connectivity index (χ2v) is 5.32. The van der Waals surface area contributed by atoms with Crippen LogP contribution in [0.4, 0.5) is 13.2 Å². The molecule has 0 amide bonds. The molecule has 0 N–H and O–H groups in total. The van der Waals surface area contributed by atoms with Crippen molar-refractivity contribution in [1.29, 1.82) is 0 Å². The van der Waals surface area contributed by atoms with Gasteiger partial charge in [-0.15, -0.1) is 0 Å². The highest BCUT2D eigenvalue weighted by molar-refractivity contribution is 6.22. The van der Waals surface area contributed by atoms with Crippen molar-refractivity contribution in [3.05, 3.63) is 83.4 Å². The Balaban J connectivity index is 1.75. The predicted octanol–water partition coefficient (Wildman–Crippen LogP) is 4.25. The summed E-state index contributed by atoms with van der Waals surface area (Å²) in [6.45, 7) is 0. The van der Waals surface area contributed by atoms with Gasteiger partial charge >= 0.3 is 18.1 Å². The minimum atomic E-state index is -2.60. The van der Waals surface area contributed by atoms with Gasteiger partial charge in [-0.25, -0.2) is 4.79 Å². The fourth-order valence-corrected chi connectivity index (χ4v) is 2.30. The number of ketones is 2. The standard InChI is InChI=1S/C19H9F3O5/c20-17(21)18(22)26-11-3-1-10(2-4-11)19(25)27-12-5-6-13-14(9-12)16(24)8-7-15(13)23/h1-9H. The number of halogens is 3. The van der Waals surface area contributed by atoms with Gasteiger partial charge in [-0.1, -0.05) is 0 Å². The largest absolute Gasteiger partial charge is 0.428 e. The lowest BCUT2D eigenvalue weighted by atomic mass is 9.95. The Morgan fingerprint density at radius 1 is 0.741 bits per heavy atom. The summed E-state index contributed by atoms with van der Waals surface area (Å²) in [7, 11) is 0. The Morgan fingerprint density at radius 2 is 1.33 bits per heavy atom. The van der Waals surface area contributed by atoms with Gasteiger partial charge in [0.2, 0.25) is 0 Å². The van der Waals surface area contributed by atoms with E-state index in [0.29, 0.717) is 0 Å². The Hall–Kier alpha value is -3.68. The molecule has 0 heterocycles. The number of carbonyl (C=O) groups is 3. The Morgan fingerprint density at radius 3 is 1.96 bits per heavy atom. The normalized spacial score (nSPS) is 12.4. The summed E-state index contributed by atoms with van der Waals surface area (Å²) in [6.07, 6.45) is -0.316. The molecule has 136 valence electrons. The van der Waals surface area contributed by atoms with Crippen molar-refractivity contribution >= 4 is 17.5 Å². The molecule has 0 saturated carbocycles. The second kappa shape index (κ2) is 7.28. The summed E-state index contributed by atoms with van der Waals surface area (Å²) in [4.78, 5) is 35.7. The average Bonchev–Trinajstić information content (AvgIpc) is 2.65. The summed E-state index contributed by atoms with van der Waals surface area (Å²) in [5, 5.41) is 0. The van der Waals surface area contributed by atoms with Crippen molar-refractivity contribution in [3.63, 3.8) is 0 Å². The number of benzene rings is 2. The van der Waals surface area contributed by atoms with Crippen LogP contribution in [-0.4, -0.2) is 17.5 Å². The summed E-state index contributed by atoms with van der Waals surface area (Å²) in [6, 6.07) is 6.58. The van der Waals surface area contributed by atoms with Crippen molar-refractivity contribution in [2.24, 2.45) is 0 Å². The van der Waals surface area contributed by atoms with E-state index in [1.807, 2.05) is 0 Å². The van der Waals surface area contributed by atoms with Gasteiger partial charge in [-0.05, 0) is 54.6 Å². The van der Waals surface area contributed by atoms with E-state index in [-0.39, 0.29) is 39.8 Å². The number of esters is 1.